The van der Waals surface area contributed by atoms with Gasteiger partial charge >= 0.3 is 12.1 Å². The van der Waals surface area contributed by atoms with Crippen molar-refractivity contribution >= 4 is 21.9 Å². The van der Waals surface area contributed by atoms with Crippen molar-refractivity contribution in [2.75, 3.05) is 13.1 Å². The van der Waals surface area contributed by atoms with Gasteiger partial charge in [0.2, 0.25) is 0 Å². The molecule has 26 heavy (non-hydrogen) atoms. The van der Waals surface area contributed by atoms with Gasteiger partial charge in [-0.2, -0.15) is 0 Å². The number of sulfone groups is 1. The van der Waals surface area contributed by atoms with E-state index in [4.69, 9.17) is 4.74 Å². The molecule has 0 aliphatic carbocycles. The van der Waals surface area contributed by atoms with Gasteiger partial charge < -0.3 is 14.7 Å². The van der Waals surface area contributed by atoms with Crippen molar-refractivity contribution in [3.05, 3.63) is 35.9 Å². The van der Waals surface area contributed by atoms with Gasteiger partial charge in [0.25, 0.3) is 0 Å². The minimum atomic E-state index is -4.06. The number of rotatable bonds is 4. The molecule has 0 radical (unpaired) electrons. The highest BCUT2D eigenvalue weighted by atomic mass is 32.2. The monoisotopic (exact) mass is 383 g/mol. The van der Waals surface area contributed by atoms with Crippen molar-refractivity contribution in [3.8, 4) is 0 Å². The fourth-order valence-electron chi connectivity index (χ4n) is 3.00. The quantitative estimate of drug-likeness (QED) is 0.857. The molecule has 7 nitrogen and oxygen atoms in total. The molecular formula is C18H25NO6S. The minimum Gasteiger partial charge on any atom is -0.480 e. The molecule has 0 aromatic heterocycles. The minimum absolute atomic E-state index is 0.0310. The number of aliphatic carboxylic acids is 1. The molecule has 2 rings (SSSR count). The largest absolute Gasteiger partial charge is 0.480 e. The Hall–Kier alpha value is -2.09. The number of carbonyl (C=O) groups excluding carboxylic acids is 1. The standard InChI is InChI=1S/C18H25NO6S/c1-17(2,3)25-16(22)19-11-7-10-18(13-19,15(20)21)26(23,24)12-14-8-5-4-6-9-14/h4-6,8-9H,7,10-13H2,1-3H3,(H,20,21). The van der Waals surface area contributed by atoms with Crippen LogP contribution in [0.3, 0.4) is 0 Å². The number of hydrogen-bond acceptors (Lipinski definition) is 5. The van der Waals surface area contributed by atoms with Crippen LogP contribution in [0.4, 0.5) is 4.79 Å². The molecule has 1 heterocycles. The molecule has 1 aliphatic rings. The summed E-state index contributed by atoms with van der Waals surface area (Å²) >= 11 is 0. The van der Waals surface area contributed by atoms with E-state index in [0.717, 1.165) is 0 Å². The molecule has 0 bridgehead atoms. The van der Waals surface area contributed by atoms with E-state index in [0.29, 0.717) is 5.56 Å². The van der Waals surface area contributed by atoms with Gasteiger partial charge in [-0.1, -0.05) is 30.3 Å². The summed E-state index contributed by atoms with van der Waals surface area (Å²) in [5.41, 5.74) is -0.230. The molecule has 1 atom stereocenters. The van der Waals surface area contributed by atoms with E-state index in [1.165, 1.54) is 4.90 Å². The predicted molar refractivity (Wildman–Crippen MR) is 96.5 cm³/mol. The third kappa shape index (κ3) is 4.35. The Labute approximate surface area is 153 Å². The van der Waals surface area contributed by atoms with Gasteiger partial charge in [-0.15, -0.1) is 0 Å². The smallest absolute Gasteiger partial charge is 0.410 e. The average molecular weight is 383 g/mol. The lowest BCUT2D eigenvalue weighted by Gasteiger charge is -2.39. The number of carbonyl (C=O) groups is 2. The summed E-state index contributed by atoms with van der Waals surface area (Å²) in [7, 11) is -4.06. The number of likely N-dealkylation sites (tertiary alicyclic amines) is 1. The van der Waals surface area contributed by atoms with Crippen molar-refractivity contribution in [1.82, 2.24) is 4.90 Å². The molecule has 0 saturated carbocycles. The fraction of sp³-hybridized carbons (Fsp3) is 0.556. The van der Waals surface area contributed by atoms with Crippen LogP contribution in [0.15, 0.2) is 30.3 Å². The molecule has 0 spiro atoms. The molecule has 1 unspecified atom stereocenters. The average Bonchev–Trinajstić information content (AvgIpc) is 2.53. The number of carboxylic acids is 1. The lowest BCUT2D eigenvalue weighted by atomic mass is 9.97. The molecule has 1 amide bonds. The second-order valence-electron chi connectivity index (χ2n) is 7.55. The lowest BCUT2D eigenvalue weighted by molar-refractivity contribution is -0.141. The summed E-state index contributed by atoms with van der Waals surface area (Å²) in [5.74, 6) is -1.82. The van der Waals surface area contributed by atoms with Gasteiger partial charge in [0.15, 0.2) is 14.6 Å². The number of benzene rings is 1. The molecule has 144 valence electrons. The van der Waals surface area contributed by atoms with Gasteiger partial charge in [0.05, 0.1) is 12.3 Å². The zero-order valence-corrected chi connectivity index (χ0v) is 16.1. The van der Waals surface area contributed by atoms with Gasteiger partial charge in [-0.25, -0.2) is 13.2 Å². The summed E-state index contributed by atoms with van der Waals surface area (Å²) in [5, 5.41) is 9.78. The van der Waals surface area contributed by atoms with Crippen molar-refractivity contribution in [1.29, 1.82) is 0 Å². The Balaban J connectivity index is 2.31. The van der Waals surface area contributed by atoms with Crippen LogP contribution in [-0.2, 0) is 25.1 Å². The first kappa shape index (κ1) is 20.2. The van der Waals surface area contributed by atoms with Gasteiger partial charge in [0.1, 0.15) is 5.60 Å². The van der Waals surface area contributed by atoms with Crippen molar-refractivity contribution < 1.29 is 27.9 Å². The molecule has 1 aliphatic heterocycles. The number of hydrogen-bond donors (Lipinski definition) is 1. The van der Waals surface area contributed by atoms with Crippen LogP contribution in [0.25, 0.3) is 0 Å². The van der Waals surface area contributed by atoms with E-state index in [-0.39, 0.29) is 25.1 Å². The van der Waals surface area contributed by atoms with Crippen molar-refractivity contribution in [2.45, 2.75) is 49.7 Å². The third-order valence-electron chi connectivity index (χ3n) is 4.29. The first-order valence-electron chi connectivity index (χ1n) is 8.44. The molecule has 1 fully saturated rings. The van der Waals surface area contributed by atoms with Crippen LogP contribution in [-0.4, -0.2) is 53.9 Å². The number of nitrogens with zero attached hydrogens (tertiary/aromatic N) is 1. The van der Waals surface area contributed by atoms with Crippen molar-refractivity contribution in [2.24, 2.45) is 0 Å². The topological polar surface area (TPSA) is 101 Å². The molecule has 1 aromatic rings. The molecule has 1 N–H and O–H groups in total. The van der Waals surface area contributed by atoms with Crippen LogP contribution in [0.2, 0.25) is 0 Å². The summed E-state index contributed by atoms with van der Waals surface area (Å²) in [6.07, 6.45) is -0.450. The van der Waals surface area contributed by atoms with Crippen LogP contribution in [0.1, 0.15) is 39.2 Å². The van der Waals surface area contributed by atoms with Gasteiger partial charge in [0, 0.05) is 6.54 Å². The number of amides is 1. The Morgan fingerprint density at radius 1 is 1.23 bits per heavy atom. The zero-order chi connectivity index (χ0) is 19.6. The highest BCUT2D eigenvalue weighted by molar-refractivity contribution is 7.92. The second kappa shape index (κ2) is 7.26. The Kier molecular flexibility index (Phi) is 5.65. The van der Waals surface area contributed by atoms with Crippen LogP contribution >= 0.6 is 0 Å². The van der Waals surface area contributed by atoms with Crippen molar-refractivity contribution in [3.63, 3.8) is 0 Å². The first-order chi connectivity index (χ1) is 12.0. The zero-order valence-electron chi connectivity index (χ0n) is 15.3. The van der Waals surface area contributed by atoms with E-state index in [2.05, 4.69) is 0 Å². The predicted octanol–water partition coefficient (Wildman–Crippen LogP) is 2.46. The maximum Gasteiger partial charge on any atom is 0.410 e. The summed E-state index contributed by atoms with van der Waals surface area (Å²) in [6, 6.07) is 8.44. The molecular weight excluding hydrogens is 358 g/mol. The van der Waals surface area contributed by atoms with E-state index in [1.54, 1.807) is 51.1 Å². The molecule has 8 heteroatoms. The number of piperidine rings is 1. The summed E-state index contributed by atoms with van der Waals surface area (Å²) in [6.45, 7) is 4.96. The highest BCUT2D eigenvalue weighted by Crippen LogP contribution is 2.33. The second-order valence-corrected chi connectivity index (χ2v) is 9.85. The number of ether oxygens (including phenoxy) is 1. The maximum absolute atomic E-state index is 13.0. The van der Waals surface area contributed by atoms with E-state index < -0.39 is 38.8 Å². The number of carboxylic acid groups (broad SMARTS) is 1. The highest BCUT2D eigenvalue weighted by Gasteiger charge is 2.54. The van der Waals surface area contributed by atoms with Crippen LogP contribution in [0, 0.1) is 0 Å². The third-order valence-corrected chi connectivity index (χ3v) is 6.70. The normalized spacial score (nSPS) is 21.3. The summed E-state index contributed by atoms with van der Waals surface area (Å²) < 4.78 is 29.3. The van der Waals surface area contributed by atoms with Crippen LogP contribution < -0.4 is 0 Å². The fourth-order valence-corrected chi connectivity index (χ4v) is 4.98. The van der Waals surface area contributed by atoms with Gasteiger partial charge in [-0.05, 0) is 39.2 Å². The van der Waals surface area contributed by atoms with E-state index in [1.807, 2.05) is 0 Å². The molecule has 1 aromatic carbocycles. The van der Waals surface area contributed by atoms with Crippen LogP contribution in [0.5, 0.6) is 0 Å². The van der Waals surface area contributed by atoms with Gasteiger partial charge in [-0.3, -0.25) is 4.79 Å². The Bertz CT molecular complexity index is 769. The first-order valence-corrected chi connectivity index (χ1v) is 10.1. The SMILES string of the molecule is CC(C)(C)OC(=O)N1CCCC(C(=O)O)(S(=O)(=O)Cc2ccccc2)C1. The molecule has 1 saturated heterocycles. The van der Waals surface area contributed by atoms with E-state index >= 15 is 0 Å². The maximum atomic E-state index is 13.0. The van der Waals surface area contributed by atoms with E-state index in [9.17, 15) is 23.1 Å². The Morgan fingerprint density at radius 3 is 2.38 bits per heavy atom. The summed E-state index contributed by atoms with van der Waals surface area (Å²) in [4.78, 5) is 25.5. The lowest BCUT2D eigenvalue weighted by Crippen LogP contribution is -2.59. The Morgan fingerprint density at radius 2 is 1.85 bits per heavy atom.